The van der Waals surface area contributed by atoms with E-state index >= 15 is 0 Å². The maximum atomic E-state index is 12.2. The van der Waals surface area contributed by atoms with Gasteiger partial charge in [-0.2, -0.15) is 0 Å². The predicted molar refractivity (Wildman–Crippen MR) is 132 cm³/mol. The molecular weight excluding hydrogens is 500 g/mol. The first-order valence-electron chi connectivity index (χ1n) is 13.2. The quantitative estimate of drug-likeness (QED) is 0.148. The summed E-state index contributed by atoms with van der Waals surface area (Å²) in [6, 6.07) is 0. The lowest BCUT2D eigenvalue weighted by Crippen LogP contribution is -2.57. The number of fused-ring (bicyclic) bond motifs is 5. The van der Waals surface area contributed by atoms with Gasteiger partial charge in [-0.15, -0.1) is 0 Å². The summed E-state index contributed by atoms with van der Waals surface area (Å²) in [6.07, 6.45) is 10.4. The number of carbonyl (C=O) groups excluding carboxylic acids is 2. The van der Waals surface area contributed by atoms with Gasteiger partial charge in [0, 0.05) is 24.9 Å². The molecule has 0 aromatic carbocycles. The van der Waals surface area contributed by atoms with Gasteiger partial charge in [0.1, 0.15) is 12.4 Å². The Balaban J connectivity index is 1.52. The number of rotatable bonds is 9. The lowest BCUT2D eigenvalue weighted by molar-refractivity contribution is -0.168. The number of aliphatic hydroxyl groups is 2. The molecule has 0 spiro atoms. The molecule has 6 nitrogen and oxygen atoms in total. The lowest BCUT2D eigenvalue weighted by atomic mass is 9.47. The number of hydrogen-bond donors (Lipinski definition) is 2. The maximum absolute atomic E-state index is 12.2. The van der Waals surface area contributed by atoms with Crippen LogP contribution in [0, 0.1) is 28.6 Å². The van der Waals surface area contributed by atoms with E-state index < -0.39 is 11.5 Å². The normalized spacial score (nSPS) is 43.3. The topological polar surface area (TPSA) is 93.1 Å². The summed E-state index contributed by atoms with van der Waals surface area (Å²) >= 11 is 3.77. The molecule has 4 unspecified atom stereocenters. The van der Waals surface area contributed by atoms with Crippen molar-refractivity contribution in [3.8, 4) is 0 Å². The minimum absolute atomic E-state index is 0.00682. The molecule has 9 atom stereocenters. The van der Waals surface area contributed by atoms with E-state index in [4.69, 9.17) is 9.47 Å². The fourth-order valence-electron chi connectivity index (χ4n) is 7.78. The molecule has 2 N–H and O–H groups in total. The molecule has 3 fully saturated rings. The van der Waals surface area contributed by atoms with E-state index in [9.17, 15) is 19.8 Å². The van der Waals surface area contributed by atoms with Crippen LogP contribution in [0.1, 0.15) is 78.1 Å². The fraction of sp³-hybridized carbons (Fsp3) is 0.852. The van der Waals surface area contributed by atoms with Crippen molar-refractivity contribution in [3.05, 3.63) is 11.6 Å². The number of aliphatic hydroxyl groups excluding tert-OH is 2. The zero-order chi connectivity index (χ0) is 24.5. The van der Waals surface area contributed by atoms with Crippen molar-refractivity contribution in [2.75, 3.05) is 13.2 Å². The molecule has 0 saturated heterocycles. The Morgan fingerprint density at radius 3 is 2.76 bits per heavy atom. The van der Waals surface area contributed by atoms with Crippen LogP contribution >= 0.6 is 15.9 Å². The largest absolute Gasteiger partial charge is 0.460 e. The van der Waals surface area contributed by atoms with Crippen LogP contribution in [0.4, 0.5) is 0 Å². The second-order valence-electron chi connectivity index (χ2n) is 11.2. The molecule has 0 bridgehead atoms. The van der Waals surface area contributed by atoms with E-state index in [-0.39, 0.29) is 46.9 Å². The fourth-order valence-corrected chi connectivity index (χ4v) is 8.82. The molecule has 4 aliphatic rings. The highest BCUT2D eigenvalue weighted by molar-refractivity contribution is 9.09. The maximum Gasteiger partial charge on any atom is 0.305 e. The highest BCUT2D eigenvalue weighted by atomic mass is 79.9. The Bertz CT molecular complexity index is 785. The number of halogens is 1. The molecule has 0 aromatic rings. The number of carbonyl (C=O) groups is 2. The molecule has 0 amide bonds. The van der Waals surface area contributed by atoms with Crippen molar-refractivity contribution in [1.82, 2.24) is 0 Å². The first-order chi connectivity index (χ1) is 16.3. The third-order valence-corrected chi connectivity index (χ3v) is 10.5. The second-order valence-corrected chi connectivity index (χ2v) is 12.4. The molecule has 192 valence electrons. The van der Waals surface area contributed by atoms with E-state index in [2.05, 4.69) is 28.9 Å². The average molecular weight is 542 g/mol. The Kier molecular flexibility index (Phi) is 8.28. The van der Waals surface area contributed by atoms with E-state index in [0.717, 1.165) is 57.7 Å². The Morgan fingerprint density at radius 2 is 2.06 bits per heavy atom. The number of unbranched alkanes of at least 4 members (excludes halogenated alkanes) is 2. The molecular formula is C27H41BrO6. The molecule has 4 rings (SSSR count). The van der Waals surface area contributed by atoms with Gasteiger partial charge in [0.15, 0.2) is 0 Å². The van der Waals surface area contributed by atoms with Crippen LogP contribution in [-0.4, -0.2) is 58.8 Å². The van der Waals surface area contributed by atoms with Crippen molar-refractivity contribution >= 4 is 28.2 Å². The van der Waals surface area contributed by atoms with Crippen LogP contribution in [-0.2, 0) is 19.1 Å². The first-order valence-corrected chi connectivity index (χ1v) is 14.1. The number of alkyl halides is 1. The third-order valence-electron chi connectivity index (χ3n) is 9.63. The van der Waals surface area contributed by atoms with Crippen molar-refractivity contribution in [1.29, 1.82) is 0 Å². The predicted octanol–water partition coefficient (Wildman–Crippen LogP) is 4.34. The summed E-state index contributed by atoms with van der Waals surface area (Å²) < 4.78 is 12.0. The van der Waals surface area contributed by atoms with Gasteiger partial charge in [-0.3, -0.25) is 4.79 Å². The van der Waals surface area contributed by atoms with Crippen molar-refractivity contribution in [3.63, 3.8) is 0 Å². The summed E-state index contributed by atoms with van der Waals surface area (Å²) in [5.41, 5.74) is 0.859. The van der Waals surface area contributed by atoms with Crippen LogP contribution in [0.25, 0.3) is 0 Å². The van der Waals surface area contributed by atoms with Gasteiger partial charge < -0.3 is 24.5 Å². The number of esters is 1. The lowest BCUT2D eigenvalue weighted by Gasteiger charge is -2.59. The van der Waals surface area contributed by atoms with E-state index in [1.54, 1.807) is 6.92 Å². The van der Waals surface area contributed by atoms with Gasteiger partial charge in [-0.05, 0) is 74.5 Å². The van der Waals surface area contributed by atoms with Gasteiger partial charge in [0.05, 0.1) is 23.6 Å². The van der Waals surface area contributed by atoms with Gasteiger partial charge in [0.2, 0.25) is 0 Å². The van der Waals surface area contributed by atoms with Crippen molar-refractivity contribution < 1.29 is 29.3 Å². The Labute approximate surface area is 212 Å². The SMILES string of the molecule is CCC(=O)O[C@H]1[C@H](Br)CC2C3C(O)C=C4C[C@@H](OCCCCC=O)CC[C@]4(C)C3CC[C@@]21CO. The highest BCUT2D eigenvalue weighted by Gasteiger charge is 2.65. The number of aldehydes is 1. The molecule has 34 heavy (non-hydrogen) atoms. The highest BCUT2D eigenvalue weighted by Crippen LogP contribution is 2.66. The summed E-state index contributed by atoms with van der Waals surface area (Å²) in [5.74, 6) is 0.279. The minimum Gasteiger partial charge on any atom is -0.460 e. The summed E-state index contributed by atoms with van der Waals surface area (Å²) in [6.45, 7) is 4.82. The smallest absolute Gasteiger partial charge is 0.305 e. The third kappa shape index (κ3) is 4.55. The van der Waals surface area contributed by atoms with E-state index in [0.29, 0.717) is 25.4 Å². The van der Waals surface area contributed by atoms with Gasteiger partial charge in [-0.1, -0.05) is 41.4 Å². The minimum atomic E-state index is -0.559. The molecule has 0 radical (unpaired) electrons. The second kappa shape index (κ2) is 10.7. The van der Waals surface area contributed by atoms with Crippen LogP contribution in [0.5, 0.6) is 0 Å². The zero-order valence-electron chi connectivity index (χ0n) is 20.6. The van der Waals surface area contributed by atoms with Crippen molar-refractivity contribution in [2.24, 2.45) is 28.6 Å². The van der Waals surface area contributed by atoms with Gasteiger partial charge >= 0.3 is 5.97 Å². The van der Waals surface area contributed by atoms with Crippen LogP contribution < -0.4 is 0 Å². The van der Waals surface area contributed by atoms with Gasteiger partial charge in [-0.25, -0.2) is 0 Å². The van der Waals surface area contributed by atoms with E-state index in [1.165, 1.54) is 5.57 Å². The molecule has 4 aliphatic carbocycles. The monoisotopic (exact) mass is 540 g/mol. The van der Waals surface area contributed by atoms with E-state index in [1.807, 2.05) is 0 Å². The molecule has 0 heterocycles. The van der Waals surface area contributed by atoms with Crippen LogP contribution in [0.2, 0.25) is 0 Å². The zero-order valence-corrected chi connectivity index (χ0v) is 22.2. The molecule has 0 aromatic heterocycles. The summed E-state index contributed by atoms with van der Waals surface area (Å²) in [7, 11) is 0. The molecule has 7 heteroatoms. The first kappa shape index (κ1) is 26.3. The summed E-state index contributed by atoms with van der Waals surface area (Å²) in [5, 5.41) is 22.0. The van der Waals surface area contributed by atoms with Crippen LogP contribution in [0.15, 0.2) is 11.6 Å². The van der Waals surface area contributed by atoms with Crippen LogP contribution in [0.3, 0.4) is 0 Å². The number of ether oxygens (including phenoxy) is 2. The molecule has 3 saturated carbocycles. The number of hydrogen-bond acceptors (Lipinski definition) is 6. The Hall–Kier alpha value is -0.760. The van der Waals surface area contributed by atoms with Crippen molar-refractivity contribution in [2.45, 2.75) is 101 Å². The summed E-state index contributed by atoms with van der Waals surface area (Å²) in [4.78, 5) is 22.7. The standard InChI is InChI=1S/C27H41BrO6/c1-3-23(32)34-25-21(28)15-20-24-19(8-10-27(20,25)16-30)26(2)9-7-18(13-17(26)14-22(24)31)33-12-6-4-5-11-29/h11,14,18-22,24-25,30-31H,3-10,12-13,15-16H2,1-2H3/t18-,19?,20?,21+,22?,24?,25-,26-,27+/m0/s1. The average Bonchev–Trinajstić information content (AvgIpc) is 3.11. The molecule has 0 aliphatic heterocycles. The van der Waals surface area contributed by atoms with Gasteiger partial charge in [0.25, 0.3) is 0 Å². The Morgan fingerprint density at radius 1 is 1.26 bits per heavy atom.